The average molecular weight is 317 g/mol. The first-order valence-corrected chi connectivity index (χ1v) is 8.62. The molecule has 126 valence electrons. The van der Waals surface area contributed by atoms with E-state index in [1.807, 2.05) is 24.0 Å². The number of nitrogens with one attached hydrogen (secondary N) is 1. The van der Waals surface area contributed by atoms with Crippen molar-refractivity contribution >= 4 is 11.6 Å². The van der Waals surface area contributed by atoms with Crippen LogP contribution in [-0.4, -0.2) is 56.2 Å². The van der Waals surface area contributed by atoms with Crippen LogP contribution in [0.5, 0.6) is 5.75 Å². The van der Waals surface area contributed by atoms with Crippen LogP contribution in [0.2, 0.25) is 0 Å². The Labute approximate surface area is 138 Å². The van der Waals surface area contributed by atoms with E-state index >= 15 is 0 Å². The predicted octanol–water partition coefficient (Wildman–Crippen LogP) is 1.87. The summed E-state index contributed by atoms with van der Waals surface area (Å²) in [6, 6.07) is 9.15. The monoisotopic (exact) mass is 317 g/mol. The van der Waals surface area contributed by atoms with Crippen molar-refractivity contribution in [2.75, 3.05) is 38.2 Å². The predicted molar refractivity (Wildman–Crippen MR) is 92.0 cm³/mol. The Kier molecular flexibility index (Phi) is 5.06. The number of anilines is 1. The molecule has 1 aromatic rings. The number of carbonyl (C=O) groups excluding carboxylic acids is 1. The Hall–Kier alpha value is -1.75. The number of nitrogens with zero attached hydrogens (tertiary/aromatic N) is 2. The molecule has 0 aliphatic carbocycles. The Bertz CT molecular complexity index is 524. The van der Waals surface area contributed by atoms with E-state index in [1.165, 1.54) is 5.69 Å². The minimum atomic E-state index is 0.292. The molecular formula is C18H27N3O2. The normalized spacial score (nSPS) is 22.7. The number of piperidine rings is 1. The smallest absolute Gasteiger partial charge is 0.224 e. The number of amides is 1. The van der Waals surface area contributed by atoms with Crippen molar-refractivity contribution in [1.29, 1.82) is 0 Å². The molecule has 1 amide bonds. The van der Waals surface area contributed by atoms with Crippen molar-refractivity contribution in [3.8, 4) is 5.75 Å². The maximum absolute atomic E-state index is 11.8. The van der Waals surface area contributed by atoms with Crippen molar-refractivity contribution in [3.05, 3.63) is 24.3 Å². The molecule has 2 aliphatic heterocycles. The van der Waals surface area contributed by atoms with Crippen LogP contribution in [0.25, 0.3) is 0 Å². The fourth-order valence-corrected chi connectivity index (χ4v) is 3.62. The lowest BCUT2D eigenvalue weighted by atomic mass is 10.0. The van der Waals surface area contributed by atoms with Gasteiger partial charge in [0, 0.05) is 50.4 Å². The van der Waals surface area contributed by atoms with Crippen LogP contribution in [0.4, 0.5) is 5.69 Å². The van der Waals surface area contributed by atoms with Crippen LogP contribution in [0.3, 0.4) is 0 Å². The Morgan fingerprint density at radius 2 is 1.87 bits per heavy atom. The topological polar surface area (TPSA) is 44.8 Å². The first kappa shape index (κ1) is 16.1. The van der Waals surface area contributed by atoms with Gasteiger partial charge in [0.05, 0.1) is 7.11 Å². The molecule has 5 nitrogen and oxygen atoms in total. The van der Waals surface area contributed by atoms with Crippen molar-refractivity contribution in [2.24, 2.45) is 0 Å². The molecule has 0 saturated carbocycles. The second-order valence-corrected chi connectivity index (χ2v) is 6.46. The van der Waals surface area contributed by atoms with Crippen molar-refractivity contribution in [1.82, 2.24) is 10.2 Å². The van der Waals surface area contributed by atoms with Crippen LogP contribution in [0, 0.1) is 0 Å². The van der Waals surface area contributed by atoms with Crippen LogP contribution in [0.15, 0.2) is 24.3 Å². The maximum Gasteiger partial charge on any atom is 0.224 e. The second-order valence-electron chi connectivity index (χ2n) is 6.46. The summed E-state index contributed by atoms with van der Waals surface area (Å²) >= 11 is 0. The molecule has 1 unspecified atom stereocenters. The molecule has 0 radical (unpaired) electrons. The third-order valence-electron chi connectivity index (χ3n) is 5.00. The summed E-state index contributed by atoms with van der Waals surface area (Å²) in [4.78, 5) is 16.2. The van der Waals surface area contributed by atoms with E-state index < -0.39 is 0 Å². The molecule has 2 aliphatic rings. The molecule has 0 spiro atoms. The average Bonchev–Trinajstić information content (AvgIpc) is 2.95. The molecule has 2 saturated heterocycles. The fraction of sp³-hybridized carbons (Fsp3) is 0.611. The lowest BCUT2D eigenvalue weighted by molar-refractivity contribution is -0.127. The van der Waals surface area contributed by atoms with Crippen LogP contribution >= 0.6 is 0 Å². The summed E-state index contributed by atoms with van der Waals surface area (Å²) in [5.74, 6) is 1.19. The van der Waals surface area contributed by atoms with E-state index in [0.29, 0.717) is 24.4 Å². The zero-order chi connectivity index (χ0) is 16.2. The highest BCUT2D eigenvalue weighted by atomic mass is 16.5. The Balaban J connectivity index is 1.47. The minimum absolute atomic E-state index is 0.292. The molecule has 5 heteroatoms. The van der Waals surface area contributed by atoms with E-state index in [1.54, 1.807) is 7.11 Å². The Morgan fingerprint density at radius 1 is 1.17 bits per heavy atom. The number of likely N-dealkylation sites (N-methyl/N-ethyl adjacent to an activating group) is 1. The molecule has 1 N–H and O–H groups in total. The zero-order valence-electron chi connectivity index (χ0n) is 14.1. The fourth-order valence-electron chi connectivity index (χ4n) is 3.62. The number of hydrogen-bond acceptors (Lipinski definition) is 4. The zero-order valence-corrected chi connectivity index (χ0v) is 14.1. The van der Waals surface area contributed by atoms with Gasteiger partial charge in [-0.2, -0.15) is 0 Å². The molecule has 2 fully saturated rings. The van der Waals surface area contributed by atoms with Gasteiger partial charge in [0.1, 0.15) is 5.75 Å². The van der Waals surface area contributed by atoms with E-state index in [-0.39, 0.29) is 0 Å². The first-order chi connectivity index (χ1) is 11.2. The minimum Gasteiger partial charge on any atom is -0.497 e. The summed E-state index contributed by atoms with van der Waals surface area (Å²) in [6.45, 7) is 5.86. The maximum atomic E-state index is 11.8. The summed E-state index contributed by atoms with van der Waals surface area (Å²) in [7, 11) is 1.69. The van der Waals surface area contributed by atoms with Gasteiger partial charge in [-0.1, -0.05) is 0 Å². The summed E-state index contributed by atoms with van der Waals surface area (Å²) in [5, 5.41) is 3.69. The van der Waals surface area contributed by atoms with Gasteiger partial charge in [-0.3, -0.25) is 4.79 Å². The van der Waals surface area contributed by atoms with Gasteiger partial charge in [-0.25, -0.2) is 0 Å². The van der Waals surface area contributed by atoms with Crippen molar-refractivity contribution in [3.63, 3.8) is 0 Å². The molecule has 3 rings (SSSR count). The molecule has 2 heterocycles. The van der Waals surface area contributed by atoms with Crippen molar-refractivity contribution < 1.29 is 9.53 Å². The van der Waals surface area contributed by atoms with Gasteiger partial charge < -0.3 is 19.9 Å². The number of methoxy groups -OCH3 is 1. The number of likely N-dealkylation sites (tertiary alicyclic amines) is 1. The molecule has 0 aromatic heterocycles. The number of benzene rings is 1. The lowest BCUT2D eigenvalue weighted by Gasteiger charge is -2.35. The highest BCUT2D eigenvalue weighted by molar-refractivity contribution is 5.79. The summed E-state index contributed by atoms with van der Waals surface area (Å²) in [6.07, 6.45) is 2.91. The SMILES string of the molecule is CCN1CC(NC2CCN(c3ccc(OC)cc3)CC2)CC1=O. The van der Waals surface area contributed by atoms with Gasteiger partial charge in [-0.15, -0.1) is 0 Å². The summed E-state index contributed by atoms with van der Waals surface area (Å²) in [5.41, 5.74) is 1.26. The van der Waals surface area contributed by atoms with Gasteiger partial charge in [0.25, 0.3) is 0 Å². The number of ether oxygens (including phenoxy) is 1. The molecule has 23 heavy (non-hydrogen) atoms. The molecule has 1 aromatic carbocycles. The second kappa shape index (κ2) is 7.21. The molecular weight excluding hydrogens is 290 g/mol. The first-order valence-electron chi connectivity index (χ1n) is 8.62. The largest absolute Gasteiger partial charge is 0.497 e. The summed E-state index contributed by atoms with van der Waals surface area (Å²) < 4.78 is 5.21. The van der Waals surface area contributed by atoms with Gasteiger partial charge in [0.15, 0.2) is 0 Å². The highest BCUT2D eigenvalue weighted by Crippen LogP contribution is 2.23. The molecule has 0 bridgehead atoms. The van der Waals surface area contributed by atoms with Crippen LogP contribution in [-0.2, 0) is 4.79 Å². The highest BCUT2D eigenvalue weighted by Gasteiger charge is 2.30. The number of rotatable bonds is 5. The van der Waals surface area contributed by atoms with E-state index in [4.69, 9.17) is 4.74 Å². The van der Waals surface area contributed by atoms with Gasteiger partial charge in [-0.05, 0) is 44.0 Å². The lowest BCUT2D eigenvalue weighted by Crippen LogP contribution is -2.47. The number of hydrogen-bond donors (Lipinski definition) is 1. The Morgan fingerprint density at radius 3 is 2.43 bits per heavy atom. The van der Waals surface area contributed by atoms with E-state index in [9.17, 15) is 4.79 Å². The third-order valence-corrected chi connectivity index (χ3v) is 5.00. The standard InChI is InChI=1S/C18H27N3O2/c1-3-20-13-15(12-18(20)22)19-14-8-10-21(11-9-14)16-4-6-17(23-2)7-5-16/h4-7,14-15,19H,3,8-13H2,1-2H3. The van der Waals surface area contributed by atoms with Gasteiger partial charge >= 0.3 is 0 Å². The quantitative estimate of drug-likeness (QED) is 0.900. The van der Waals surface area contributed by atoms with Gasteiger partial charge in [0.2, 0.25) is 5.91 Å². The van der Waals surface area contributed by atoms with E-state index in [2.05, 4.69) is 22.3 Å². The third kappa shape index (κ3) is 3.78. The van der Waals surface area contributed by atoms with Crippen LogP contribution < -0.4 is 15.0 Å². The van der Waals surface area contributed by atoms with Crippen LogP contribution in [0.1, 0.15) is 26.2 Å². The number of carbonyl (C=O) groups is 1. The van der Waals surface area contributed by atoms with Crippen molar-refractivity contribution in [2.45, 2.75) is 38.3 Å². The molecule has 1 atom stereocenters. The van der Waals surface area contributed by atoms with E-state index in [0.717, 1.165) is 44.8 Å².